The van der Waals surface area contributed by atoms with Gasteiger partial charge in [0.25, 0.3) is 0 Å². The summed E-state index contributed by atoms with van der Waals surface area (Å²) < 4.78 is 81.7. The lowest BCUT2D eigenvalue weighted by Gasteiger charge is -2.33. The smallest absolute Gasteiger partial charge is 0.364 e. The Kier molecular flexibility index (Phi) is 16.1. The summed E-state index contributed by atoms with van der Waals surface area (Å²) in [6.07, 6.45) is -3.37. The fraction of sp³-hybridized carbons (Fsp3) is 0.468. The van der Waals surface area contributed by atoms with E-state index in [-0.39, 0.29) is 35.5 Å². The van der Waals surface area contributed by atoms with Crippen molar-refractivity contribution in [1.82, 2.24) is 25.6 Å². The van der Waals surface area contributed by atoms with Gasteiger partial charge in [-0.15, -0.1) is 23.1 Å². The first-order valence-corrected chi connectivity index (χ1v) is 25.6. The topological polar surface area (TPSA) is 118 Å². The van der Waals surface area contributed by atoms with E-state index in [4.69, 9.17) is 12.2 Å². The summed E-state index contributed by atoms with van der Waals surface area (Å²) in [4.78, 5) is 41.7. The molecule has 0 spiro atoms. The Hall–Kier alpha value is -4.53. The Morgan fingerprint density at radius 1 is 0.761 bits per heavy atom. The van der Waals surface area contributed by atoms with Crippen LogP contribution in [0, 0.1) is 15.8 Å². The molecule has 360 valence electrons. The molecule has 10 nitrogen and oxygen atoms in total. The molecular weight excluding hydrogens is 951 g/mol. The average Bonchev–Trinajstić information content (AvgIpc) is 3.91. The number of fused-ring (bicyclic) bond motifs is 2. The molecule has 20 heteroatoms. The van der Waals surface area contributed by atoms with Crippen molar-refractivity contribution in [3.8, 4) is 0 Å². The number of aromatic nitrogens is 3. The number of nitrogens with zero attached hydrogens (tertiary/aromatic N) is 4. The van der Waals surface area contributed by atoms with Gasteiger partial charge in [0, 0.05) is 61.0 Å². The fourth-order valence-corrected chi connectivity index (χ4v) is 11.1. The van der Waals surface area contributed by atoms with Crippen molar-refractivity contribution in [2.45, 2.75) is 100 Å². The molecule has 2 aromatic carbocycles. The van der Waals surface area contributed by atoms with Crippen molar-refractivity contribution in [3.63, 3.8) is 0 Å². The largest absolute Gasteiger partial charge is 0.433 e. The van der Waals surface area contributed by atoms with Crippen molar-refractivity contribution in [1.29, 1.82) is 0 Å². The van der Waals surface area contributed by atoms with E-state index >= 15 is 0 Å². The summed E-state index contributed by atoms with van der Waals surface area (Å²) in [5.41, 5.74) is 3.11. The number of piperidine rings is 2. The van der Waals surface area contributed by atoms with E-state index < -0.39 is 29.7 Å². The Morgan fingerprint density at radius 2 is 1.24 bits per heavy atom. The maximum absolute atomic E-state index is 13.3. The highest BCUT2D eigenvalue weighted by molar-refractivity contribution is 8.17. The predicted octanol–water partition coefficient (Wildman–Crippen LogP) is 11.9. The molecule has 3 aromatic heterocycles. The maximum Gasteiger partial charge on any atom is 0.433 e. The molecule has 0 radical (unpaired) electrons. The number of hydrogen-bond donors (Lipinski definition) is 4. The molecule has 0 saturated carbocycles. The van der Waals surface area contributed by atoms with Crippen LogP contribution >= 0.6 is 47.1 Å². The van der Waals surface area contributed by atoms with E-state index in [0.717, 1.165) is 69.7 Å². The predicted molar refractivity (Wildman–Crippen MR) is 260 cm³/mol. The molecule has 4 N–H and O–H groups in total. The SMILES string of the molecule is CC1CCN(c2nc(C(F)(F)F)ccc2CNC(=O)C(C)c2ccc3[nH]c(=S)sc3c2)CC1.CSC1Nc2ccc(C(C)C(=O)NCc3ccc(C(F)(F)F)nc3N3CCC(C)CC3)cc2S1. The van der Waals surface area contributed by atoms with Crippen LogP contribution in [0.3, 0.4) is 0 Å². The minimum Gasteiger partial charge on any atom is -0.364 e. The van der Waals surface area contributed by atoms with E-state index in [2.05, 4.69) is 44.7 Å². The van der Waals surface area contributed by atoms with Gasteiger partial charge in [0.1, 0.15) is 27.7 Å². The molecule has 6 heterocycles. The lowest BCUT2D eigenvalue weighted by Crippen LogP contribution is -2.35. The minimum absolute atomic E-state index is 0.112. The second-order valence-electron chi connectivity index (χ2n) is 17.4. The number of anilines is 3. The molecule has 2 amide bonds. The zero-order chi connectivity index (χ0) is 48.2. The average molecular weight is 1010 g/mol. The monoisotopic (exact) mass is 1000 g/mol. The highest BCUT2D eigenvalue weighted by Crippen LogP contribution is 2.43. The van der Waals surface area contributed by atoms with Gasteiger partial charge in [-0.25, -0.2) is 9.97 Å². The Balaban J connectivity index is 0.000000199. The molecule has 67 heavy (non-hydrogen) atoms. The van der Waals surface area contributed by atoms with E-state index in [1.165, 1.54) is 23.5 Å². The number of benzene rings is 2. The van der Waals surface area contributed by atoms with Gasteiger partial charge in [-0.1, -0.05) is 49.9 Å². The van der Waals surface area contributed by atoms with Crippen LogP contribution in [-0.4, -0.2) is 63.9 Å². The quantitative estimate of drug-likeness (QED) is 0.0752. The second kappa shape index (κ2) is 21.4. The summed E-state index contributed by atoms with van der Waals surface area (Å²) in [5.74, 6) is 0.509. The molecule has 2 saturated heterocycles. The number of aromatic amines is 1. The van der Waals surface area contributed by atoms with E-state index in [0.29, 0.717) is 64.7 Å². The third-order valence-corrected chi connectivity index (χ3v) is 16.1. The van der Waals surface area contributed by atoms with Crippen LogP contribution in [0.1, 0.15) is 98.9 Å². The van der Waals surface area contributed by atoms with Crippen molar-refractivity contribution in [2.75, 3.05) is 47.6 Å². The van der Waals surface area contributed by atoms with Crippen LogP contribution in [0.15, 0.2) is 65.6 Å². The second-order valence-corrected chi connectivity index (χ2v) is 21.5. The number of hydrogen-bond acceptors (Lipinski definition) is 11. The minimum atomic E-state index is -4.52. The zero-order valence-electron chi connectivity index (χ0n) is 37.7. The van der Waals surface area contributed by atoms with Gasteiger partial charge in [-0.05, 0) is 117 Å². The van der Waals surface area contributed by atoms with E-state index in [1.54, 1.807) is 30.4 Å². The van der Waals surface area contributed by atoms with Gasteiger partial charge in [0.15, 0.2) is 3.95 Å². The molecule has 0 bridgehead atoms. The van der Waals surface area contributed by atoms with Gasteiger partial charge in [-0.2, -0.15) is 26.3 Å². The van der Waals surface area contributed by atoms with Crippen molar-refractivity contribution in [3.05, 3.63) is 98.3 Å². The first kappa shape index (κ1) is 50.3. The summed E-state index contributed by atoms with van der Waals surface area (Å²) in [5, 5.41) is 9.22. The Morgan fingerprint density at radius 3 is 1.72 bits per heavy atom. The molecule has 3 atom stereocenters. The Bertz CT molecular complexity index is 2610. The molecule has 3 aliphatic rings. The first-order valence-electron chi connectivity index (χ1n) is 22.2. The van der Waals surface area contributed by atoms with Gasteiger partial charge in [-0.3, -0.25) is 9.59 Å². The standard InChI is InChI=1S/C24H29F3N4OS2.C23H25F3N4OS2/c1-14-8-10-31(11-9-14)21-17(5-7-20(30-21)24(25,26)27)13-28-22(32)15(2)16-4-6-18-19(12-16)34-23(29-18)33-3;1-13-7-9-30(10-8-13)20-16(4-6-19(29-20)23(24,25)26)12-27-21(31)14(2)15-3-5-17-18(11-15)33-22(32)28-17/h4-7,12,14-15,23,29H,8-11,13H2,1-3H3,(H,28,32);3-6,11,13-14H,7-10,12H2,1-2H3,(H,27,31)(H,28,32). The summed E-state index contributed by atoms with van der Waals surface area (Å²) >= 11 is 10.1. The van der Waals surface area contributed by atoms with Crippen LogP contribution < -0.4 is 25.8 Å². The van der Waals surface area contributed by atoms with Gasteiger partial charge in [0.2, 0.25) is 11.8 Å². The molecule has 3 unspecified atom stereocenters. The fourth-order valence-electron chi connectivity index (χ4n) is 8.14. The number of carbonyl (C=O) groups is 2. The number of halogens is 6. The number of H-pyrrole nitrogens is 1. The summed E-state index contributed by atoms with van der Waals surface area (Å²) in [7, 11) is 0. The number of nitrogens with one attached hydrogen (secondary N) is 4. The summed E-state index contributed by atoms with van der Waals surface area (Å²) in [6.45, 7) is 10.8. The van der Waals surface area contributed by atoms with Crippen molar-refractivity contribution < 1.29 is 35.9 Å². The zero-order valence-corrected chi connectivity index (χ0v) is 41.0. The number of amides is 2. The molecular formula is C47H54F6N8O2S4. The maximum atomic E-state index is 13.3. The van der Waals surface area contributed by atoms with E-state index in [1.807, 2.05) is 59.4 Å². The number of alkyl halides is 6. The first-order chi connectivity index (χ1) is 31.8. The van der Waals surface area contributed by atoms with Crippen molar-refractivity contribution in [2.24, 2.45) is 11.8 Å². The van der Waals surface area contributed by atoms with Crippen LogP contribution in [0.4, 0.5) is 43.7 Å². The summed E-state index contributed by atoms with van der Waals surface area (Å²) in [6, 6.07) is 16.5. The third kappa shape index (κ3) is 12.6. The third-order valence-electron chi connectivity index (χ3n) is 12.5. The number of pyridine rings is 2. The van der Waals surface area contributed by atoms with Gasteiger partial charge in [0.05, 0.1) is 22.1 Å². The normalized spacial score (nSPS) is 17.9. The molecule has 0 aliphatic carbocycles. The number of carbonyl (C=O) groups excluding carboxylic acids is 2. The highest BCUT2D eigenvalue weighted by atomic mass is 32.2. The van der Waals surface area contributed by atoms with Crippen LogP contribution in [0.5, 0.6) is 0 Å². The molecule has 3 aliphatic heterocycles. The van der Waals surface area contributed by atoms with Crippen LogP contribution in [-0.2, 0) is 35.0 Å². The van der Waals surface area contributed by atoms with Gasteiger partial charge < -0.3 is 30.7 Å². The number of thioether (sulfide) groups is 2. The lowest BCUT2D eigenvalue weighted by atomic mass is 9.98. The van der Waals surface area contributed by atoms with Crippen LogP contribution in [0.2, 0.25) is 0 Å². The van der Waals surface area contributed by atoms with Gasteiger partial charge >= 0.3 is 12.4 Å². The number of rotatable bonds is 11. The van der Waals surface area contributed by atoms with Crippen molar-refractivity contribution >= 4 is 86.4 Å². The van der Waals surface area contributed by atoms with Crippen LogP contribution in [0.25, 0.3) is 10.2 Å². The Labute approximate surface area is 403 Å². The lowest BCUT2D eigenvalue weighted by molar-refractivity contribution is -0.141. The molecule has 2 fully saturated rings. The molecule has 8 rings (SSSR count). The van der Waals surface area contributed by atoms with E-state index in [9.17, 15) is 35.9 Å². The molecule has 5 aromatic rings. The highest BCUT2D eigenvalue weighted by Gasteiger charge is 2.36. The number of thiazole rings is 1.